The zero-order valence-corrected chi connectivity index (χ0v) is 15.4. The Hall–Kier alpha value is -1.07. The van der Waals surface area contributed by atoms with Crippen molar-refractivity contribution in [2.75, 3.05) is 6.61 Å². The molecule has 1 fully saturated rings. The van der Waals surface area contributed by atoms with Gasteiger partial charge in [0.25, 0.3) is 0 Å². The van der Waals surface area contributed by atoms with E-state index in [0.29, 0.717) is 28.6 Å². The average Bonchev–Trinajstić information content (AvgIpc) is 2.47. The molecular weight excluding hydrogens is 310 g/mol. The van der Waals surface area contributed by atoms with Crippen LogP contribution in [0.4, 0.5) is 0 Å². The lowest BCUT2D eigenvalue weighted by Gasteiger charge is -2.37. The maximum absolute atomic E-state index is 12.5. The Morgan fingerprint density at radius 1 is 1.09 bits per heavy atom. The molecule has 0 heterocycles. The molecule has 1 aromatic rings. The van der Waals surface area contributed by atoms with Gasteiger partial charge < -0.3 is 4.74 Å². The van der Waals surface area contributed by atoms with Crippen LogP contribution in [0.1, 0.15) is 53.4 Å². The third kappa shape index (κ3) is 4.95. The molecule has 0 aromatic heterocycles. The molecule has 0 unspecified atom stereocenters. The third-order valence-electron chi connectivity index (χ3n) is 4.72. The first-order valence-corrected chi connectivity index (χ1v) is 9.96. The van der Waals surface area contributed by atoms with E-state index in [0.717, 1.165) is 25.7 Å². The van der Waals surface area contributed by atoms with Crippen molar-refractivity contribution in [2.24, 2.45) is 11.3 Å². The van der Waals surface area contributed by atoms with E-state index in [1.807, 2.05) is 6.92 Å². The topological polar surface area (TPSA) is 55.4 Å². The quantitative estimate of drug-likeness (QED) is 0.883. The van der Waals surface area contributed by atoms with Crippen molar-refractivity contribution in [1.29, 1.82) is 0 Å². The minimum Gasteiger partial charge on any atom is -0.494 e. The van der Waals surface area contributed by atoms with Gasteiger partial charge in [-0.1, -0.05) is 20.8 Å². The highest BCUT2D eigenvalue weighted by Gasteiger charge is 2.31. The van der Waals surface area contributed by atoms with Crippen LogP contribution >= 0.6 is 0 Å². The lowest BCUT2D eigenvalue weighted by Crippen LogP contribution is -2.39. The van der Waals surface area contributed by atoms with Crippen molar-refractivity contribution >= 4 is 10.0 Å². The smallest absolute Gasteiger partial charge is 0.240 e. The molecule has 0 saturated heterocycles. The molecule has 2 rings (SSSR count). The Morgan fingerprint density at radius 2 is 1.65 bits per heavy atom. The summed E-state index contributed by atoms with van der Waals surface area (Å²) in [5, 5.41) is 0. The van der Waals surface area contributed by atoms with E-state index in [4.69, 9.17) is 4.74 Å². The van der Waals surface area contributed by atoms with E-state index in [1.54, 1.807) is 24.3 Å². The fraction of sp³-hybridized carbons (Fsp3) is 0.667. The van der Waals surface area contributed by atoms with E-state index < -0.39 is 10.0 Å². The number of hydrogen-bond donors (Lipinski definition) is 1. The third-order valence-corrected chi connectivity index (χ3v) is 6.26. The Bertz CT molecular complexity index is 594. The molecule has 4 nitrogen and oxygen atoms in total. The first kappa shape index (κ1) is 18.3. The van der Waals surface area contributed by atoms with Crippen molar-refractivity contribution in [3.05, 3.63) is 24.3 Å². The Kier molecular flexibility index (Phi) is 5.74. The summed E-state index contributed by atoms with van der Waals surface area (Å²) in [6, 6.07) is 6.66. The zero-order valence-electron chi connectivity index (χ0n) is 14.6. The van der Waals surface area contributed by atoms with Crippen LogP contribution in [0.25, 0.3) is 0 Å². The molecule has 0 amide bonds. The van der Waals surface area contributed by atoms with Gasteiger partial charge in [-0.25, -0.2) is 13.1 Å². The first-order valence-electron chi connectivity index (χ1n) is 8.47. The lowest BCUT2D eigenvalue weighted by molar-refractivity contribution is 0.166. The second kappa shape index (κ2) is 7.22. The van der Waals surface area contributed by atoms with Gasteiger partial charge in [-0.2, -0.15) is 0 Å². The average molecular weight is 340 g/mol. The van der Waals surface area contributed by atoms with Crippen molar-refractivity contribution in [3.63, 3.8) is 0 Å². The summed E-state index contributed by atoms with van der Waals surface area (Å²) in [4.78, 5) is 0.305. The van der Waals surface area contributed by atoms with Gasteiger partial charge in [0.1, 0.15) is 5.75 Å². The molecule has 0 aliphatic heterocycles. The van der Waals surface area contributed by atoms with Gasteiger partial charge >= 0.3 is 0 Å². The van der Waals surface area contributed by atoms with E-state index in [-0.39, 0.29) is 6.04 Å². The number of nitrogens with one attached hydrogen (secondary N) is 1. The fourth-order valence-corrected chi connectivity index (χ4v) is 4.55. The maximum atomic E-state index is 12.5. The molecule has 130 valence electrons. The van der Waals surface area contributed by atoms with Gasteiger partial charge in [-0.15, -0.1) is 0 Å². The zero-order chi connectivity index (χ0) is 17.1. The number of hydrogen-bond acceptors (Lipinski definition) is 3. The van der Waals surface area contributed by atoms with Gasteiger partial charge in [0.15, 0.2) is 0 Å². The van der Waals surface area contributed by atoms with Crippen molar-refractivity contribution < 1.29 is 13.2 Å². The summed E-state index contributed by atoms with van der Waals surface area (Å²) in [6.07, 6.45) is 4.00. The van der Waals surface area contributed by atoms with Gasteiger partial charge in [0.05, 0.1) is 11.5 Å². The number of sulfonamides is 1. The van der Waals surface area contributed by atoms with Gasteiger partial charge in [0, 0.05) is 6.04 Å². The van der Waals surface area contributed by atoms with Crippen molar-refractivity contribution in [2.45, 2.75) is 64.3 Å². The number of ether oxygens (including phenoxy) is 1. The van der Waals surface area contributed by atoms with Crippen LogP contribution in [0.15, 0.2) is 29.2 Å². The minimum absolute atomic E-state index is 0.0465. The summed E-state index contributed by atoms with van der Waals surface area (Å²) in [6.45, 7) is 9.27. The van der Waals surface area contributed by atoms with Gasteiger partial charge in [0.2, 0.25) is 10.0 Å². The molecule has 23 heavy (non-hydrogen) atoms. The molecule has 1 saturated carbocycles. The molecule has 0 radical (unpaired) electrons. The first-order chi connectivity index (χ1) is 10.7. The van der Waals surface area contributed by atoms with Crippen LogP contribution in [0, 0.1) is 11.3 Å². The molecular formula is C18H29NO3S. The second-order valence-corrected chi connectivity index (χ2v) is 9.15. The summed E-state index contributed by atoms with van der Waals surface area (Å²) in [5.41, 5.74) is 0.305. The predicted molar refractivity (Wildman–Crippen MR) is 93.1 cm³/mol. The molecule has 1 N–H and O–H groups in total. The highest BCUT2D eigenvalue weighted by molar-refractivity contribution is 7.89. The Balaban J connectivity index is 1.97. The largest absolute Gasteiger partial charge is 0.494 e. The standard InChI is InChI=1S/C18H29NO3S/c1-5-22-16-10-12-17(13-11-16)23(20,21)19-15-8-6-14(7-9-15)18(2,3)4/h10-15,19H,5-9H2,1-4H3. The van der Waals surface area contributed by atoms with E-state index >= 15 is 0 Å². The van der Waals surface area contributed by atoms with Crippen LogP contribution in [0.3, 0.4) is 0 Å². The Labute approximate surface area is 140 Å². The van der Waals surface area contributed by atoms with Crippen LogP contribution in [0.2, 0.25) is 0 Å². The van der Waals surface area contributed by atoms with Gasteiger partial charge in [-0.05, 0) is 68.2 Å². The maximum Gasteiger partial charge on any atom is 0.240 e. The predicted octanol–water partition coefficient (Wildman–Crippen LogP) is 3.97. The summed E-state index contributed by atoms with van der Waals surface area (Å²) >= 11 is 0. The lowest BCUT2D eigenvalue weighted by atomic mass is 9.71. The molecule has 1 aromatic carbocycles. The van der Waals surface area contributed by atoms with Crippen LogP contribution in [-0.2, 0) is 10.0 Å². The fourth-order valence-electron chi connectivity index (χ4n) is 3.25. The van der Waals surface area contributed by atoms with E-state index in [2.05, 4.69) is 25.5 Å². The second-order valence-electron chi connectivity index (χ2n) is 7.44. The highest BCUT2D eigenvalue weighted by atomic mass is 32.2. The van der Waals surface area contributed by atoms with E-state index in [9.17, 15) is 8.42 Å². The summed E-state index contributed by atoms with van der Waals surface area (Å²) < 4.78 is 33.2. The van der Waals surface area contributed by atoms with Crippen LogP contribution in [0.5, 0.6) is 5.75 Å². The van der Waals surface area contributed by atoms with Crippen molar-refractivity contribution in [3.8, 4) is 5.75 Å². The molecule has 0 atom stereocenters. The molecule has 0 spiro atoms. The molecule has 1 aliphatic rings. The van der Waals surface area contributed by atoms with E-state index in [1.165, 1.54) is 0 Å². The number of rotatable bonds is 5. The minimum atomic E-state index is -3.45. The highest BCUT2D eigenvalue weighted by Crippen LogP contribution is 2.38. The SMILES string of the molecule is CCOc1ccc(S(=O)(=O)NC2CCC(C(C)(C)C)CC2)cc1. The number of benzene rings is 1. The summed E-state index contributed by atoms with van der Waals surface area (Å²) in [5.74, 6) is 1.37. The summed E-state index contributed by atoms with van der Waals surface area (Å²) in [7, 11) is -3.45. The normalized spacial score (nSPS) is 22.8. The van der Waals surface area contributed by atoms with Crippen LogP contribution < -0.4 is 9.46 Å². The van der Waals surface area contributed by atoms with Crippen molar-refractivity contribution in [1.82, 2.24) is 4.72 Å². The molecule has 0 bridgehead atoms. The monoisotopic (exact) mass is 339 g/mol. The Morgan fingerprint density at radius 3 is 2.13 bits per heavy atom. The molecule has 1 aliphatic carbocycles. The van der Waals surface area contributed by atoms with Crippen LogP contribution in [-0.4, -0.2) is 21.1 Å². The molecule has 5 heteroatoms. The van der Waals surface area contributed by atoms with Gasteiger partial charge in [-0.3, -0.25) is 0 Å².